The molecule has 0 unspecified atom stereocenters. The van der Waals surface area contributed by atoms with Gasteiger partial charge in [-0.25, -0.2) is 4.39 Å². The Kier molecular flexibility index (Phi) is 3.30. The van der Waals surface area contributed by atoms with Gasteiger partial charge in [0.05, 0.1) is 19.3 Å². The first-order chi connectivity index (χ1) is 8.59. The molecule has 0 radical (unpaired) electrons. The van der Waals surface area contributed by atoms with E-state index < -0.39 is 5.41 Å². The van der Waals surface area contributed by atoms with Gasteiger partial charge in [0.1, 0.15) is 5.82 Å². The Hall–Kier alpha value is -1.93. The molecular weight excluding hydrogens is 235 g/mol. The van der Waals surface area contributed by atoms with Crippen molar-refractivity contribution < 1.29 is 13.9 Å². The first kappa shape index (κ1) is 12.5. The molecule has 0 aliphatic carbocycles. The fourth-order valence-electron chi connectivity index (χ4n) is 1.86. The van der Waals surface area contributed by atoms with Crippen LogP contribution in [0.2, 0.25) is 0 Å². The van der Waals surface area contributed by atoms with Crippen LogP contribution in [0.4, 0.5) is 4.39 Å². The van der Waals surface area contributed by atoms with E-state index in [0.29, 0.717) is 5.56 Å². The Morgan fingerprint density at radius 2 is 2.22 bits per heavy atom. The number of nitriles is 1. The van der Waals surface area contributed by atoms with Crippen LogP contribution in [0.25, 0.3) is 0 Å². The summed E-state index contributed by atoms with van der Waals surface area (Å²) in [6, 6.07) is 8.26. The highest BCUT2D eigenvalue weighted by Crippen LogP contribution is 2.29. The van der Waals surface area contributed by atoms with Crippen LogP contribution in [0.1, 0.15) is 5.56 Å². The molecule has 1 amide bonds. The van der Waals surface area contributed by atoms with Gasteiger partial charge in [-0.2, -0.15) is 5.26 Å². The van der Waals surface area contributed by atoms with Crippen molar-refractivity contribution in [1.29, 1.82) is 5.26 Å². The minimum absolute atomic E-state index is 0.115. The number of amides is 1. The third kappa shape index (κ3) is 2.07. The molecule has 5 heteroatoms. The van der Waals surface area contributed by atoms with E-state index in [1.807, 2.05) is 6.07 Å². The van der Waals surface area contributed by atoms with Gasteiger partial charge in [0.25, 0.3) is 0 Å². The van der Waals surface area contributed by atoms with Crippen molar-refractivity contribution in [3.05, 3.63) is 35.6 Å². The summed E-state index contributed by atoms with van der Waals surface area (Å²) < 4.78 is 18.4. The van der Waals surface area contributed by atoms with Gasteiger partial charge in [-0.1, -0.05) is 18.2 Å². The van der Waals surface area contributed by atoms with Crippen LogP contribution in [0.3, 0.4) is 0 Å². The van der Waals surface area contributed by atoms with E-state index in [2.05, 4.69) is 0 Å². The van der Waals surface area contributed by atoms with Crippen molar-refractivity contribution >= 4 is 5.91 Å². The highest BCUT2D eigenvalue weighted by Gasteiger charge is 2.48. The minimum Gasteiger partial charge on any atom is -0.377 e. The lowest BCUT2D eigenvalue weighted by Crippen LogP contribution is -2.53. The predicted molar refractivity (Wildman–Crippen MR) is 61.7 cm³/mol. The van der Waals surface area contributed by atoms with Crippen LogP contribution in [0.5, 0.6) is 0 Å². The lowest BCUT2D eigenvalue weighted by molar-refractivity contribution is -0.160. The van der Waals surface area contributed by atoms with E-state index in [4.69, 9.17) is 10.00 Å². The van der Waals surface area contributed by atoms with E-state index in [0.717, 1.165) is 0 Å². The maximum Gasteiger partial charge on any atom is 0.247 e. The van der Waals surface area contributed by atoms with Crippen LogP contribution in [0, 0.1) is 22.6 Å². The summed E-state index contributed by atoms with van der Waals surface area (Å²) in [6.07, 6.45) is 0. The zero-order valence-electron chi connectivity index (χ0n) is 10.0. The molecule has 4 nitrogen and oxygen atoms in total. The fraction of sp³-hybridized carbons (Fsp3) is 0.385. The molecule has 1 heterocycles. The molecule has 0 N–H and O–H groups in total. The lowest BCUT2D eigenvalue weighted by atomic mass is 9.86. The highest BCUT2D eigenvalue weighted by atomic mass is 19.1. The van der Waals surface area contributed by atoms with Gasteiger partial charge in [0.2, 0.25) is 5.91 Å². The summed E-state index contributed by atoms with van der Waals surface area (Å²) in [5, 5.41) is 9.02. The number of rotatable bonds is 3. The van der Waals surface area contributed by atoms with Crippen LogP contribution in [-0.4, -0.2) is 31.1 Å². The van der Waals surface area contributed by atoms with Crippen LogP contribution < -0.4 is 0 Å². The van der Waals surface area contributed by atoms with Crippen LogP contribution >= 0.6 is 0 Å². The Morgan fingerprint density at radius 1 is 1.56 bits per heavy atom. The first-order valence-electron chi connectivity index (χ1n) is 5.57. The van der Waals surface area contributed by atoms with E-state index in [1.165, 1.54) is 11.0 Å². The number of carbonyl (C=O) groups excluding carboxylic acids is 1. The van der Waals surface area contributed by atoms with Gasteiger partial charge >= 0.3 is 0 Å². The SMILES string of the molecule is CN(Cc1ccccc1F)C(=O)C1(C#N)COC1. The average molecular weight is 248 g/mol. The van der Waals surface area contributed by atoms with E-state index in [1.54, 1.807) is 25.2 Å². The van der Waals surface area contributed by atoms with Crippen molar-refractivity contribution in [2.75, 3.05) is 20.3 Å². The molecule has 1 aromatic rings. The van der Waals surface area contributed by atoms with Gasteiger partial charge < -0.3 is 9.64 Å². The Bertz CT molecular complexity index is 506. The average Bonchev–Trinajstić information content (AvgIpc) is 2.31. The number of nitrogens with zero attached hydrogens (tertiary/aromatic N) is 2. The molecule has 18 heavy (non-hydrogen) atoms. The summed E-state index contributed by atoms with van der Waals surface area (Å²) in [4.78, 5) is 13.5. The number of hydrogen-bond acceptors (Lipinski definition) is 3. The summed E-state index contributed by atoms with van der Waals surface area (Å²) in [5.74, 6) is -0.674. The van der Waals surface area contributed by atoms with Crippen molar-refractivity contribution in [3.8, 4) is 6.07 Å². The molecule has 0 bridgehead atoms. The Balaban J connectivity index is 2.09. The van der Waals surface area contributed by atoms with Crippen LogP contribution in [0.15, 0.2) is 24.3 Å². The zero-order valence-corrected chi connectivity index (χ0v) is 10.0. The molecule has 94 valence electrons. The second-order valence-electron chi connectivity index (χ2n) is 4.44. The molecule has 1 saturated heterocycles. The maximum atomic E-state index is 13.5. The molecular formula is C13H13FN2O2. The van der Waals surface area contributed by atoms with Gasteiger partial charge in [-0.3, -0.25) is 4.79 Å². The van der Waals surface area contributed by atoms with Gasteiger partial charge in [-0.15, -0.1) is 0 Å². The molecule has 1 aromatic carbocycles. The van der Waals surface area contributed by atoms with Gasteiger partial charge in [0.15, 0.2) is 5.41 Å². The number of benzene rings is 1. The zero-order chi connectivity index (χ0) is 13.2. The number of carbonyl (C=O) groups is 1. The second kappa shape index (κ2) is 4.75. The molecule has 0 atom stereocenters. The summed E-state index contributed by atoms with van der Waals surface area (Å²) in [5.41, 5.74) is -0.651. The van der Waals surface area contributed by atoms with E-state index >= 15 is 0 Å². The van der Waals surface area contributed by atoms with Crippen molar-refractivity contribution in [1.82, 2.24) is 4.90 Å². The molecule has 0 aromatic heterocycles. The largest absolute Gasteiger partial charge is 0.377 e. The summed E-state index contributed by atoms with van der Waals surface area (Å²) in [6.45, 7) is 0.378. The maximum absolute atomic E-state index is 13.5. The van der Waals surface area contributed by atoms with E-state index in [9.17, 15) is 9.18 Å². The molecule has 1 aliphatic rings. The molecule has 2 rings (SSSR count). The second-order valence-corrected chi connectivity index (χ2v) is 4.44. The smallest absolute Gasteiger partial charge is 0.247 e. The molecule has 1 aliphatic heterocycles. The standard InChI is InChI=1S/C13H13FN2O2/c1-16(6-10-4-2-3-5-11(10)14)12(17)13(7-15)8-18-9-13/h2-5H,6,8-9H2,1H3. The summed E-state index contributed by atoms with van der Waals surface area (Å²) >= 11 is 0. The minimum atomic E-state index is -1.08. The monoisotopic (exact) mass is 248 g/mol. The van der Waals surface area contributed by atoms with Crippen LogP contribution in [-0.2, 0) is 16.1 Å². The quantitative estimate of drug-likeness (QED) is 0.810. The van der Waals surface area contributed by atoms with Gasteiger partial charge in [-0.05, 0) is 6.07 Å². The summed E-state index contributed by atoms with van der Waals surface area (Å²) in [7, 11) is 1.56. The lowest BCUT2D eigenvalue weighted by Gasteiger charge is -2.36. The van der Waals surface area contributed by atoms with Gasteiger partial charge in [0, 0.05) is 19.2 Å². The highest BCUT2D eigenvalue weighted by molar-refractivity contribution is 5.86. The third-order valence-electron chi connectivity index (χ3n) is 3.03. The van der Waals surface area contributed by atoms with E-state index in [-0.39, 0.29) is 31.5 Å². The number of ether oxygens (including phenoxy) is 1. The fourth-order valence-corrected chi connectivity index (χ4v) is 1.86. The molecule has 0 saturated carbocycles. The third-order valence-corrected chi connectivity index (χ3v) is 3.03. The normalized spacial score (nSPS) is 16.5. The first-order valence-corrected chi connectivity index (χ1v) is 5.57. The topological polar surface area (TPSA) is 53.3 Å². The van der Waals surface area contributed by atoms with Crippen molar-refractivity contribution in [3.63, 3.8) is 0 Å². The number of halogens is 1. The molecule has 1 fully saturated rings. The number of hydrogen-bond donors (Lipinski definition) is 0. The van der Waals surface area contributed by atoms with Crippen molar-refractivity contribution in [2.45, 2.75) is 6.54 Å². The van der Waals surface area contributed by atoms with Crippen molar-refractivity contribution in [2.24, 2.45) is 5.41 Å². The Labute approximate surface area is 105 Å². The predicted octanol–water partition coefficient (Wildman–Crippen LogP) is 1.32. The molecule has 0 spiro atoms. The Morgan fingerprint density at radius 3 is 2.72 bits per heavy atom.